The van der Waals surface area contributed by atoms with Gasteiger partial charge in [-0.15, -0.1) is 0 Å². The van der Waals surface area contributed by atoms with Crippen LogP contribution in [0.3, 0.4) is 0 Å². The van der Waals surface area contributed by atoms with Crippen molar-refractivity contribution in [3.05, 3.63) is 48.0 Å². The first-order valence-electron chi connectivity index (χ1n) is 9.74. The van der Waals surface area contributed by atoms with E-state index in [1.165, 1.54) is 12.1 Å². The maximum atomic E-state index is 12.9. The quantitative estimate of drug-likeness (QED) is 0.736. The average Bonchev–Trinajstić information content (AvgIpc) is 3.46. The van der Waals surface area contributed by atoms with Crippen LogP contribution in [0, 0.1) is 0 Å². The summed E-state index contributed by atoms with van der Waals surface area (Å²) in [5, 5.41) is 29.5. The Bertz CT molecular complexity index is 952. The van der Waals surface area contributed by atoms with Gasteiger partial charge in [0.15, 0.2) is 0 Å². The molecule has 0 radical (unpaired) electrons. The Morgan fingerprint density at radius 2 is 1.72 bits per heavy atom. The van der Waals surface area contributed by atoms with Crippen molar-refractivity contribution in [3.63, 3.8) is 0 Å². The maximum absolute atomic E-state index is 12.9. The van der Waals surface area contributed by atoms with E-state index < -0.39 is 5.60 Å². The van der Waals surface area contributed by atoms with Crippen LogP contribution in [0.15, 0.2) is 42.5 Å². The first-order valence-corrected chi connectivity index (χ1v) is 9.74. The average molecular weight is 396 g/mol. The van der Waals surface area contributed by atoms with Gasteiger partial charge in [0.1, 0.15) is 17.1 Å². The van der Waals surface area contributed by atoms with Crippen molar-refractivity contribution in [1.29, 1.82) is 0 Å². The van der Waals surface area contributed by atoms with E-state index >= 15 is 0 Å². The SMILES string of the molecule is C[C@@H]1CN(C(=O)c2ccc(-c3ccc(O)cc3O)cc2)CCN1C(=O)C1(O)CC1. The van der Waals surface area contributed by atoms with Crippen LogP contribution in [-0.4, -0.2) is 68.2 Å². The molecular weight excluding hydrogens is 372 g/mol. The molecule has 152 valence electrons. The third-order valence-electron chi connectivity index (χ3n) is 5.72. The fourth-order valence-electron chi connectivity index (χ4n) is 3.78. The number of aliphatic hydroxyl groups is 1. The van der Waals surface area contributed by atoms with Crippen LogP contribution >= 0.6 is 0 Å². The minimum atomic E-state index is -1.18. The number of phenols is 2. The molecule has 1 atom stereocenters. The molecule has 3 N–H and O–H groups in total. The highest BCUT2D eigenvalue weighted by Crippen LogP contribution is 2.38. The number of amides is 2. The molecule has 0 spiro atoms. The van der Waals surface area contributed by atoms with E-state index in [1.807, 2.05) is 6.92 Å². The second kappa shape index (κ2) is 7.08. The zero-order valence-electron chi connectivity index (χ0n) is 16.2. The summed E-state index contributed by atoms with van der Waals surface area (Å²) < 4.78 is 0. The van der Waals surface area contributed by atoms with Crippen LogP contribution in [0.5, 0.6) is 11.5 Å². The molecule has 1 heterocycles. The highest BCUT2D eigenvalue weighted by Gasteiger charge is 2.51. The smallest absolute Gasteiger partial charge is 0.254 e. The standard InChI is InChI=1S/C22H24N2O5/c1-14-13-23(10-11-24(14)21(28)22(29)8-9-22)20(27)16-4-2-15(3-5-16)18-7-6-17(25)12-19(18)26/h2-7,12,14,25-26,29H,8-11,13H2,1H3/t14-/m1/s1. The van der Waals surface area contributed by atoms with E-state index in [4.69, 9.17) is 0 Å². The third kappa shape index (κ3) is 3.65. The molecule has 2 aromatic rings. The highest BCUT2D eigenvalue weighted by molar-refractivity contribution is 5.95. The molecule has 1 saturated carbocycles. The van der Waals surface area contributed by atoms with Gasteiger partial charge in [0, 0.05) is 42.9 Å². The molecule has 0 bridgehead atoms. The summed E-state index contributed by atoms with van der Waals surface area (Å²) in [4.78, 5) is 28.7. The van der Waals surface area contributed by atoms with E-state index in [0.29, 0.717) is 43.6 Å². The Balaban J connectivity index is 1.44. The summed E-state index contributed by atoms with van der Waals surface area (Å²) in [7, 11) is 0. The monoisotopic (exact) mass is 396 g/mol. The number of hydrogen-bond acceptors (Lipinski definition) is 5. The third-order valence-corrected chi connectivity index (χ3v) is 5.72. The molecule has 4 rings (SSSR count). The molecule has 2 aliphatic rings. The summed E-state index contributed by atoms with van der Waals surface area (Å²) >= 11 is 0. The predicted molar refractivity (Wildman–Crippen MR) is 106 cm³/mol. The summed E-state index contributed by atoms with van der Waals surface area (Å²) in [6, 6.07) is 11.2. The molecule has 7 heteroatoms. The molecular formula is C22H24N2O5. The minimum Gasteiger partial charge on any atom is -0.508 e. The van der Waals surface area contributed by atoms with E-state index in [1.54, 1.807) is 40.1 Å². The number of nitrogens with zero attached hydrogens (tertiary/aromatic N) is 2. The molecule has 2 aromatic carbocycles. The Morgan fingerprint density at radius 3 is 2.31 bits per heavy atom. The fourth-order valence-corrected chi connectivity index (χ4v) is 3.78. The topological polar surface area (TPSA) is 101 Å². The number of rotatable bonds is 3. The van der Waals surface area contributed by atoms with E-state index in [-0.39, 0.29) is 29.4 Å². The van der Waals surface area contributed by atoms with Crippen LogP contribution in [0.2, 0.25) is 0 Å². The number of carbonyl (C=O) groups excluding carboxylic acids is 2. The van der Waals surface area contributed by atoms with Crippen molar-refractivity contribution in [3.8, 4) is 22.6 Å². The molecule has 1 aliphatic heterocycles. The molecule has 2 fully saturated rings. The first-order chi connectivity index (χ1) is 13.8. The number of benzene rings is 2. The lowest BCUT2D eigenvalue weighted by Crippen LogP contribution is -2.57. The zero-order chi connectivity index (χ0) is 20.8. The number of piperazine rings is 1. The van der Waals surface area contributed by atoms with Crippen molar-refractivity contribution in [1.82, 2.24) is 9.80 Å². The summed E-state index contributed by atoms with van der Waals surface area (Å²) in [6.45, 7) is 3.14. The summed E-state index contributed by atoms with van der Waals surface area (Å²) in [5.41, 5.74) is 0.650. The molecule has 1 saturated heterocycles. The lowest BCUT2D eigenvalue weighted by Gasteiger charge is -2.40. The molecule has 2 amide bonds. The van der Waals surface area contributed by atoms with Crippen molar-refractivity contribution in [2.24, 2.45) is 0 Å². The lowest BCUT2D eigenvalue weighted by molar-refractivity contribution is -0.146. The summed E-state index contributed by atoms with van der Waals surface area (Å²) in [6.07, 6.45) is 1.03. The van der Waals surface area contributed by atoms with Gasteiger partial charge >= 0.3 is 0 Å². The van der Waals surface area contributed by atoms with Gasteiger partial charge in [-0.1, -0.05) is 12.1 Å². The van der Waals surface area contributed by atoms with Gasteiger partial charge in [-0.05, 0) is 49.6 Å². The zero-order valence-corrected chi connectivity index (χ0v) is 16.2. The Hall–Kier alpha value is -3.06. The van der Waals surface area contributed by atoms with Gasteiger partial charge in [0.2, 0.25) is 0 Å². The predicted octanol–water partition coefficient (Wildman–Crippen LogP) is 1.96. The van der Waals surface area contributed by atoms with Crippen LogP contribution < -0.4 is 0 Å². The number of carbonyl (C=O) groups is 2. The van der Waals surface area contributed by atoms with Crippen molar-refractivity contribution >= 4 is 11.8 Å². The van der Waals surface area contributed by atoms with E-state index in [0.717, 1.165) is 5.56 Å². The fraction of sp³-hybridized carbons (Fsp3) is 0.364. The molecule has 0 aromatic heterocycles. The highest BCUT2D eigenvalue weighted by atomic mass is 16.3. The van der Waals surface area contributed by atoms with Gasteiger partial charge in [0.25, 0.3) is 11.8 Å². The first kappa shape index (κ1) is 19.3. The normalized spacial score (nSPS) is 20.4. The van der Waals surface area contributed by atoms with Crippen LogP contribution in [-0.2, 0) is 4.79 Å². The minimum absolute atomic E-state index is 0.0152. The van der Waals surface area contributed by atoms with Crippen molar-refractivity contribution in [2.45, 2.75) is 31.4 Å². The largest absolute Gasteiger partial charge is 0.508 e. The van der Waals surface area contributed by atoms with Gasteiger partial charge in [-0.25, -0.2) is 0 Å². The van der Waals surface area contributed by atoms with Gasteiger partial charge < -0.3 is 25.1 Å². The second-order valence-electron chi connectivity index (χ2n) is 7.91. The lowest BCUT2D eigenvalue weighted by atomic mass is 10.0. The second-order valence-corrected chi connectivity index (χ2v) is 7.91. The van der Waals surface area contributed by atoms with Gasteiger partial charge in [-0.2, -0.15) is 0 Å². The van der Waals surface area contributed by atoms with Crippen LogP contribution in [0.4, 0.5) is 0 Å². The Morgan fingerprint density at radius 1 is 1.03 bits per heavy atom. The molecule has 0 unspecified atom stereocenters. The van der Waals surface area contributed by atoms with Crippen molar-refractivity contribution in [2.75, 3.05) is 19.6 Å². The van der Waals surface area contributed by atoms with E-state index in [9.17, 15) is 24.9 Å². The number of hydrogen-bond donors (Lipinski definition) is 3. The van der Waals surface area contributed by atoms with Gasteiger partial charge in [0.05, 0.1) is 0 Å². The molecule has 1 aliphatic carbocycles. The van der Waals surface area contributed by atoms with Crippen LogP contribution in [0.25, 0.3) is 11.1 Å². The maximum Gasteiger partial charge on any atom is 0.254 e. The van der Waals surface area contributed by atoms with Crippen molar-refractivity contribution < 1.29 is 24.9 Å². The van der Waals surface area contributed by atoms with E-state index in [2.05, 4.69) is 0 Å². The number of phenolic OH excluding ortho intramolecular Hbond substituents is 2. The number of aromatic hydroxyl groups is 2. The van der Waals surface area contributed by atoms with Crippen LogP contribution in [0.1, 0.15) is 30.1 Å². The summed E-state index contributed by atoms with van der Waals surface area (Å²) in [5.74, 6) is -0.389. The molecule has 7 nitrogen and oxygen atoms in total. The molecule has 29 heavy (non-hydrogen) atoms. The van der Waals surface area contributed by atoms with Gasteiger partial charge in [-0.3, -0.25) is 9.59 Å². The Labute approximate surface area is 168 Å². The Kier molecular flexibility index (Phi) is 4.70.